The van der Waals surface area contributed by atoms with Crippen molar-refractivity contribution in [2.45, 2.75) is 24.3 Å². The van der Waals surface area contributed by atoms with Crippen molar-refractivity contribution in [2.75, 3.05) is 11.9 Å². The Bertz CT molecular complexity index is 850. The largest absolute Gasteiger partial charge is 0.315 e. The molecular weight excluding hydrogens is 314 g/mol. The predicted octanol–water partition coefficient (Wildman–Crippen LogP) is 1.64. The highest BCUT2D eigenvalue weighted by molar-refractivity contribution is 7.89. The normalized spacial score (nSPS) is 15.6. The number of aromatic nitrogens is 1. The first-order valence-electron chi connectivity index (χ1n) is 7.20. The summed E-state index contributed by atoms with van der Waals surface area (Å²) >= 11 is 0. The average Bonchev–Trinajstić information content (AvgIpc) is 2.82. The standard InChI is InChI=1S/C16H17N3O3S/c1-11(12-5-7-17-8-6-12)18-23(21,22)14-3-4-15-13(9-14)10-16(20)19(15)2/h3-9,11,18H,10H2,1-2H3. The minimum absolute atomic E-state index is 0.0346. The van der Waals surface area contributed by atoms with Crippen LogP contribution in [0.3, 0.4) is 0 Å². The Balaban J connectivity index is 1.87. The van der Waals surface area contributed by atoms with Crippen molar-refractivity contribution < 1.29 is 13.2 Å². The first kappa shape index (κ1) is 15.6. The highest BCUT2D eigenvalue weighted by atomic mass is 32.2. The van der Waals surface area contributed by atoms with E-state index in [4.69, 9.17) is 0 Å². The maximum absolute atomic E-state index is 12.6. The lowest BCUT2D eigenvalue weighted by molar-refractivity contribution is -0.117. The van der Waals surface area contributed by atoms with E-state index in [1.54, 1.807) is 55.5 Å². The van der Waals surface area contributed by atoms with Crippen molar-refractivity contribution in [3.05, 3.63) is 53.9 Å². The van der Waals surface area contributed by atoms with Gasteiger partial charge in [0.05, 0.1) is 11.3 Å². The molecule has 3 rings (SSSR count). The molecule has 23 heavy (non-hydrogen) atoms. The lowest BCUT2D eigenvalue weighted by Gasteiger charge is -2.15. The maximum atomic E-state index is 12.6. The number of nitrogens with zero attached hydrogens (tertiary/aromatic N) is 2. The van der Waals surface area contributed by atoms with E-state index in [0.717, 1.165) is 16.8 Å². The quantitative estimate of drug-likeness (QED) is 0.924. The van der Waals surface area contributed by atoms with Gasteiger partial charge in [-0.15, -0.1) is 0 Å². The number of anilines is 1. The molecule has 120 valence electrons. The summed E-state index contributed by atoms with van der Waals surface area (Å²) < 4.78 is 27.8. The van der Waals surface area contributed by atoms with Gasteiger partial charge in [-0.05, 0) is 48.4 Å². The van der Waals surface area contributed by atoms with Gasteiger partial charge in [-0.25, -0.2) is 13.1 Å². The number of nitrogens with one attached hydrogen (secondary N) is 1. The molecular formula is C16H17N3O3S. The van der Waals surface area contributed by atoms with Crippen LogP contribution in [0.25, 0.3) is 0 Å². The lowest BCUT2D eigenvalue weighted by Crippen LogP contribution is -2.27. The molecule has 0 bridgehead atoms. The van der Waals surface area contributed by atoms with Crippen molar-refractivity contribution in [2.24, 2.45) is 0 Å². The van der Waals surface area contributed by atoms with Crippen molar-refractivity contribution in [3.8, 4) is 0 Å². The second-order valence-corrected chi connectivity index (χ2v) is 7.26. The van der Waals surface area contributed by atoms with Gasteiger partial charge in [0, 0.05) is 31.2 Å². The molecule has 0 saturated heterocycles. The number of amides is 1. The number of rotatable bonds is 4. The van der Waals surface area contributed by atoms with E-state index in [0.29, 0.717) is 0 Å². The third-order valence-electron chi connectivity index (χ3n) is 3.98. The number of hydrogen-bond donors (Lipinski definition) is 1. The molecule has 0 radical (unpaired) electrons. The Labute approximate surface area is 135 Å². The summed E-state index contributed by atoms with van der Waals surface area (Å²) in [7, 11) is -1.98. The van der Waals surface area contributed by atoms with Crippen LogP contribution in [0.5, 0.6) is 0 Å². The summed E-state index contributed by atoms with van der Waals surface area (Å²) in [6.07, 6.45) is 3.48. The Morgan fingerprint density at radius 3 is 2.61 bits per heavy atom. The van der Waals surface area contributed by atoms with Crippen LogP contribution >= 0.6 is 0 Å². The number of carbonyl (C=O) groups excluding carboxylic acids is 1. The second kappa shape index (κ2) is 5.75. The molecule has 0 fully saturated rings. The van der Waals surface area contributed by atoms with Gasteiger partial charge in [-0.2, -0.15) is 0 Å². The first-order chi connectivity index (χ1) is 10.9. The molecule has 1 aromatic heterocycles. The van der Waals surface area contributed by atoms with E-state index >= 15 is 0 Å². The van der Waals surface area contributed by atoms with E-state index < -0.39 is 10.0 Å². The van der Waals surface area contributed by atoms with Crippen LogP contribution in [0.15, 0.2) is 47.6 Å². The van der Waals surface area contributed by atoms with Crippen molar-refractivity contribution in [1.82, 2.24) is 9.71 Å². The van der Waals surface area contributed by atoms with E-state index in [2.05, 4.69) is 9.71 Å². The number of hydrogen-bond acceptors (Lipinski definition) is 4. The van der Waals surface area contributed by atoms with Crippen LogP contribution in [0.1, 0.15) is 24.1 Å². The minimum Gasteiger partial charge on any atom is -0.315 e. The predicted molar refractivity (Wildman–Crippen MR) is 86.5 cm³/mol. The van der Waals surface area contributed by atoms with Gasteiger partial charge in [-0.1, -0.05) is 0 Å². The Morgan fingerprint density at radius 2 is 1.91 bits per heavy atom. The number of carbonyl (C=O) groups is 1. The van der Waals surface area contributed by atoms with Gasteiger partial charge < -0.3 is 4.90 Å². The zero-order chi connectivity index (χ0) is 16.6. The minimum atomic E-state index is -3.66. The monoisotopic (exact) mass is 331 g/mol. The number of benzene rings is 1. The topological polar surface area (TPSA) is 79.4 Å². The molecule has 1 N–H and O–H groups in total. The average molecular weight is 331 g/mol. The summed E-state index contributed by atoms with van der Waals surface area (Å²) in [6, 6.07) is 7.92. The highest BCUT2D eigenvalue weighted by Gasteiger charge is 2.26. The Hall–Kier alpha value is -2.25. The Kier molecular flexibility index (Phi) is 3.91. The molecule has 1 unspecified atom stereocenters. The molecule has 0 aliphatic carbocycles. The smallest absolute Gasteiger partial charge is 0.241 e. The van der Waals surface area contributed by atoms with Gasteiger partial charge in [0.15, 0.2) is 0 Å². The number of sulfonamides is 1. The van der Waals surface area contributed by atoms with Gasteiger partial charge in [0.1, 0.15) is 0 Å². The van der Waals surface area contributed by atoms with Gasteiger partial charge >= 0.3 is 0 Å². The van der Waals surface area contributed by atoms with Crippen LogP contribution in [0.4, 0.5) is 5.69 Å². The van der Waals surface area contributed by atoms with Crippen LogP contribution in [0.2, 0.25) is 0 Å². The highest BCUT2D eigenvalue weighted by Crippen LogP contribution is 2.30. The fourth-order valence-corrected chi connectivity index (χ4v) is 3.92. The summed E-state index contributed by atoms with van der Waals surface area (Å²) in [5.41, 5.74) is 2.33. The molecule has 1 aliphatic heterocycles. The summed E-state index contributed by atoms with van der Waals surface area (Å²) in [4.78, 5) is 17.3. The number of pyridine rings is 1. The lowest BCUT2D eigenvalue weighted by atomic mass is 10.1. The van der Waals surface area contributed by atoms with Crippen LogP contribution in [0, 0.1) is 0 Å². The molecule has 1 amide bonds. The molecule has 7 heteroatoms. The third-order valence-corrected chi connectivity index (χ3v) is 5.51. The van der Waals surface area contributed by atoms with Gasteiger partial charge in [0.2, 0.25) is 15.9 Å². The zero-order valence-corrected chi connectivity index (χ0v) is 13.7. The summed E-state index contributed by atoms with van der Waals surface area (Å²) in [5.74, 6) is -0.0346. The fourth-order valence-electron chi connectivity index (χ4n) is 2.63. The second-order valence-electron chi connectivity index (χ2n) is 5.54. The first-order valence-corrected chi connectivity index (χ1v) is 8.68. The van der Waals surface area contributed by atoms with Crippen molar-refractivity contribution in [3.63, 3.8) is 0 Å². The molecule has 2 aromatic rings. The van der Waals surface area contributed by atoms with E-state index in [9.17, 15) is 13.2 Å². The summed E-state index contributed by atoms with van der Waals surface area (Å²) in [5, 5.41) is 0. The van der Waals surface area contributed by atoms with Crippen LogP contribution in [-0.4, -0.2) is 26.4 Å². The summed E-state index contributed by atoms with van der Waals surface area (Å²) in [6.45, 7) is 1.78. The molecule has 1 aromatic carbocycles. The van der Waals surface area contributed by atoms with Crippen LogP contribution < -0.4 is 9.62 Å². The van der Waals surface area contributed by atoms with E-state index in [-0.39, 0.29) is 23.3 Å². The Morgan fingerprint density at radius 1 is 1.22 bits per heavy atom. The van der Waals surface area contributed by atoms with Crippen molar-refractivity contribution in [1.29, 1.82) is 0 Å². The SMILES string of the molecule is CC(NS(=O)(=O)c1ccc2c(c1)CC(=O)N2C)c1ccncc1. The molecule has 2 heterocycles. The number of likely N-dealkylation sites (N-methyl/N-ethyl adjacent to an activating group) is 1. The molecule has 0 spiro atoms. The van der Waals surface area contributed by atoms with E-state index in [1.807, 2.05) is 0 Å². The maximum Gasteiger partial charge on any atom is 0.241 e. The molecule has 6 nitrogen and oxygen atoms in total. The van der Waals surface area contributed by atoms with E-state index in [1.165, 1.54) is 6.07 Å². The zero-order valence-electron chi connectivity index (χ0n) is 12.9. The van der Waals surface area contributed by atoms with Gasteiger partial charge in [-0.3, -0.25) is 9.78 Å². The number of fused-ring (bicyclic) bond motifs is 1. The van der Waals surface area contributed by atoms with Crippen LogP contribution in [-0.2, 0) is 21.2 Å². The van der Waals surface area contributed by atoms with Gasteiger partial charge in [0.25, 0.3) is 0 Å². The fraction of sp³-hybridized carbons (Fsp3) is 0.250. The molecule has 1 atom stereocenters. The molecule has 1 aliphatic rings. The van der Waals surface area contributed by atoms with Crippen molar-refractivity contribution >= 4 is 21.6 Å². The molecule has 0 saturated carbocycles. The third kappa shape index (κ3) is 2.97.